The monoisotopic (exact) mass is 654 g/mol. The number of carbonyl (C=O) groups is 1. The van der Waals surface area contributed by atoms with Gasteiger partial charge in [-0.05, 0) is 53.9 Å². The van der Waals surface area contributed by atoms with Crippen molar-refractivity contribution in [1.29, 1.82) is 0 Å². The van der Waals surface area contributed by atoms with E-state index < -0.39 is 0 Å². The Kier molecular flexibility index (Phi) is 10.1. The van der Waals surface area contributed by atoms with Gasteiger partial charge in [-0.2, -0.15) is 0 Å². The van der Waals surface area contributed by atoms with Crippen molar-refractivity contribution in [3.8, 4) is 28.2 Å². The molecule has 10 heteroatoms. The van der Waals surface area contributed by atoms with Crippen LogP contribution in [0.25, 0.3) is 33.6 Å². The van der Waals surface area contributed by atoms with Crippen LogP contribution >= 0.6 is 0 Å². The molecule has 0 atom stereocenters. The van der Waals surface area contributed by atoms with Crippen LogP contribution in [0.3, 0.4) is 0 Å². The highest BCUT2D eigenvalue weighted by Gasteiger charge is 2.22. The molecule has 10 nitrogen and oxygen atoms in total. The van der Waals surface area contributed by atoms with Crippen molar-refractivity contribution in [3.05, 3.63) is 121 Å². The zero-order valence-electron chi connectivity index (χ0n) is 27.1. The summed E-state index contributed by atoms with van der Waals surface area (Å²) in [4.78, 5) is 24.0. The molecule has 1 aliphatic rings. The Morgan fingerprint density at radius 2 is 1.43 bits per heavy atom. The number of rotatable bonds is 12. The number of morpholine rings is 1. The predicted octanol–water partition coefficient (Wildman–Crippen LogP) is 7.57. The van der Waals surface area contributed by atoms with Crippen LogP contribution in [0.2, 0.25) is 0 Å². The van der Waals surface area contributed by atoms with E-state index in [1.165, 1.54) is 6.33 Å². The number of ether oxygens (including phenoxy) is 2. The van der Waals surface area contributed by atoms with Gasteiger partial charge in [-0.15, -0.1) is 0 Å². The minimum atomic E-state index is -0.313. The number of hydrogen-bond donors (Lipinski definition) is 3. The van der Waals surface area contributed by atoms with Crippen molar-refractivity contribution in [1.82, 2.24) is 14.9 Å². The fourth-order valence-electron chi connectivity index (χ4n) is 5.87. The van der Waals surface area contributed by atoms with Gasteiger partial charge in [0, 0.05) is 48.7 Å². The number of urea groups is 1. The van der Waals surface area contributed by atoms with Crippen molar-refractivity contribution < 1.29 is 18.7 Å². The largest absolute Gasteiger partial charge is 0.492 e. The summed E-state index contributed by atoms with van der Waals surface area (Å²) in [7, 11) is 0. The highest BCUT2D eigenvalue weighted by Crippen LogP contribution is 2.42. The molecule has 0 aliphatic carbocycles. The smallest absolute Gasteiger partial charge is 0.323 e. The van der Waals surface area contributed by atoms with Crippen LogP contribution in [0, 0.1) is 0 Å². The third kappa shape index (κ3) is 8.06. The first kappa shape index (κ1) is 31.9. The van der Waals surface area contributed by atoms with Gasteiger partial charge < -0.3 is 29.8 Å². The molecular weight excluding hydrogens is 616 g/mol. The normalized spacial score (nSPS) is 13.2. The molecule has 2 amide bonds. The number of nitrogens with one attached hydrogen (secondary N) is 3. The van der Waals surface area contributed by atoms with Crippen LogP contribution in [0.4, 0.5) is 22.0 Å². The lowest BCUT2D eigenvalue weighted by atomic mass is 9.99. The molecule has 0 saturated carbocycles. The number of nitrogens with zero attached hydrogens (tertiary/aromatic N) is 3. The molecule has 7 rings (SSSR count). The van der Waals surface area contributed by atoms with Gasteiger partial charge >= 0.3 is 6.03 Å². The maximum Gasteiger partial charge on any atom is 0.323 e. The van der Waals surface area contributed by atoms with Crippen LogP contribution in [-0.4, -0.2) is 66.9 Å². The lowest BCUT2D eigenvalue weighted by Gasteiger charge is -2.26. The standard InChI is InChI=1S/C39H38N6O4/c46-39(44-32-15-17-33(18-16-32)48-26-23-45-21-24-47-25-22-45)43-31-13-11-28(12-14-31)19-20-40-37-35-34(29-7-3-1-4-8-29)36(30-9-5-2-6-10-30)49-38(35)42-27-41-37/h1-18,27H,19-26H2,(H,40,41,42)(H2,43,44,46). The van der Waals surface area contributed by atoms with Gasteiger partial charge in [-0.1, -0.05) is 72.8 Å². The Hall–Kier alpha value is -5.71. The summed E-state index contributed by atoms with van der Waals surface area (Å²) in [5.41, 5.74) is 6.01. The van der Waals surface area contributed by atoms with E-state index in [1.54, 1.807) is 0 Å². The molecule has 0 radical (unpaired) electrons. The average Bonchev–Trinajstić information content (AvgIpc) is 3.55. The van der Waals surface area contributed by atoms with Gasteiger partial charge in [-0.3, -0.25) is 4.90 Å². The molecule has 0 bridgehead atoms. The lowest BCUT2D eigenvalue weighted by molar-refractivity contribution is 0.0322. The van der Waals surface area contributed by atoms with Crippen LogP contribution in [-0.2, 0) is 11.2 Å². The molecule has 248 valence electrons. The number of aromatic nitrogens is 2. The molecule has 4 aromatic carbocycles. The summed E-state index contributed by atoms with van der Waals surface area (Å²) in [5.74, 6) is 2.25. The van der Waals surface area contributed by atoms with E-state index in [-0.39, 0.29) is 6.03 Å². The SMILES string of the molecule is O=C(Nc1ccc(CCNc2ncnc3oc(-c4ccccc4)c(-c4ccccc4)c23)cc1)Nc1ccc(OCCN2CCOCC2)cc1. The van der Waals surface area contributed by atoms with Gasteiger partial charge in [0.05, 0.1) is 18.6 Å². The van der Waals surface area contributed by atoms with Crippen LogP contribution < -0.4 is 20.7 Å². The molecule has 2 aromatic heterocycles. The predicted molar refractivity (Wildman–Crippen MR) is 193 cm³/mol. The lowest BCUT2D eigenvalue weighted by Crippen LogP contribution is -2.38. The molecule has 3 N–H and O–H groups in total. The summed E-state index contributed by atoms with van der Waals surface area (Å²) < 4.78 is 17.6. The number of benzene rings is 4. The second-order valence-electron chi connectivity index (χ2n) is 11.7. The first-order chi connectivity index (χ1) is 24.2. The van der Waals surface area contributed by atoms with Crippen molar-refractivity contribution in [2.75, 3.05) is 62.0 Å². The van der Waals surface area contributed by atoms with E-state index in [0.717, 1.165) is 84.2 Å². The van der Waals surface area contributed by atoms with Crippen molar-refractivity contribution >= 4 is 34.3 Å². The van der Waals surface area contributed by atoms with Gasteiger partial charge in [-0.25, -0.2) is 14.8 Å². The Morgan fingerprint density at radius 1 is 0.776 bits per heavy atom. The van der Waals surface area contributed by atoms with E-state index in [9.17, 15) is 4.79 Å². The maximum absolute atomic E-state index is 12.7. The van der Waals surface area contributed by atoms with E-state index in [1.807, 2.05) is 97.1 Å². The number of anilines is 3. The zero-order valence-corrected chi connectivity index (χ0v) is 27.1. The molecule has 1 aliphatic heterocycles. The van der Waals surface area contributed by atoms with E-state index in [4.69, 9.17) is 13.9 Å². The number of furan rings is 1. The first-order valence-corrected chi connectivity index (χ1v) is 16.5. The second kappa shape index (κ2) is 15.5. The highest BCUT2D eigenvalue weighted by atomic mass is 16.5. The first-order valence-electron chi connectivity index (χ1n) is 16.5. The zero-order chi connectivity index (χ0) is 33.3. The van der Waals surface area contributed by atoms with E-state index in [2.05, 4.69) is 43.0 Å². The summed E-state index contributed by atoms with van der Waals surface area (Å²) >= 11 is 0. The Bertz CT molecular complexity index is 1960. The Morgan fingerprint density at radius 3 is 2.12 bits per heavy atom. The van der Waals surface area contributed by atoms with Gasteiger partial charge in [0.25, 0.3) is 0 Å². The van der Waals surface area contributed by atoms with Gasteiger partial charge in [0.2, 0.25) is 5.71 Å². The average molecular weight is 655 g/mol. The van der Waals surface area contributed by atoms with Crippen molar-refractivity contribution in [3.63, 3.8) is 0 Å². The van der Waals surface area contributed by atoms with Gasteiger partial charge in [0.15, 0.2) is 0 Å². The maximum atomic E-state index is 12.7. The quantitative estimate of drug-likeness (QED) is 0.124. The summed E-state index contributed by atoms with van der Waals surface area (Å²) in [6.45, 7) is 5.55. The second-order valence-corrected chi connectivity index (χ2v) is 11.7. The summed E-state index contributed by atoms with van der Waals surface area (Å²) in [5, 5.41) is 10.1. The van der Waals surface area contributed by atoms with Crippen LogP contribution in [0.15, 0.2) is 120 Å². The van der Waals surface area contributed by atoms with E-state index in [0.29, 0.717) is 30.2 Å². The summed E-state index contributed by atoms with van der Waals surface area (Å²) in [6, 6.07) is 35.1. The van der Waals surface area contributed by atoms with Crippen molar-refractivity contribution in [2.45, 2.75) is 6.42 Å². The number of fused-ring (bicyclic) bond motifs is 1. The number of amides is 2. The number of carbonyl (C=O) groups excluding carboxylic acids is 1. The highest BCUT2D eigenvalue weighted by molar-refractivity contribution is 6.05. The topological polar surface area (TPSA) is 114 Å². The molecule has 6 aromatic rings. The van der Waals surface area contributed by atoms with E-state index >= 15 is 0 Å². The number of hydrogen-bond acceptors (Lipinski definition) is 8. The fourth-order valence-corrected chi connectivity index (χ4v) is 5.87. The van der Waals surface area contributed by atoms with Gasteiger partial charge in [0.1, 0.15) is 30.3 Å². The third-order valence-corrected chi connectivity index (χ3v) is 8.40. The van der Waals surface area contributed by atoms with Crippen molar-refractivity contribution in [2.24, 2.45) is 0 Å². The molecule has 0 unspecified atom stereocenters. The third-order valence-electron chi connectivity index (χ3n) is 8.40. The molecule has 1 fully saturated rings. The Balaban J connectivity index is 0.933. The molecule has 3 heterocycles. The fraction of sp³-hybridized carbons (Fsp3) is 0.205. The molecule has 49 heavy (non-hydrogen) atoms. The van der Waals surface area contributed by atoms with Crippen LogP contribution in [0.1, 0.15) is 5.56 Å². The molecular formula is C39H38N6O4. The Labute approximate surface area is 285 Å². The molecule has 0 spiro atoms. The van der Waals surface area contributed by atoms with Crippen LogP contribution in [0.5, 0.6) is 5.75 Å². The molecule has 1 saturated heterocycles. The minimum absolute atomic E-state index is 0.313. The summed E-state index contributed by atoms with van der Waals surface area (Å²) in [6.07, 6.45) is 2.28. The minimum Gasteiger partial charge on any atom is -0.492 e.